The third kappa shape index (κ3) is 18.4. The minimum Gasteiger partial charge on any atom is -0.0622 e. The second kappa shape index (κ2) is 30.7. The van der Waals surface area contributed by atoms with E-state index in [0.717, 1.165) is 12.8 Å². The number of hydrogen-bond donors (Lipinski definition) is 0. The van der Waals surface area contributed by atoms with Crippen molar-refractivity contribution in [3.63, 3.8) is 0 Å². The van der Waals surface area contributed by atoms with Crippen molar-refractivity contribution in [2.24, 2.45) is 0 Å². The molecule has 6 saturated carbocycles. The molecule has 0 nitrogen and oxygen atoms in total. The predicted octanol–water partition coefficient (Wildman–Crippen LogP) is 24.0. The lowest BCUT2D eigenvalue weighted by Crippen LogP contribution is -2.24. The van der Waals surface area contributed by atoms with Gasteiger partial charge in [0.1, 0.15) is 0 Å². The summed E-state index contributed by atoms with van der Waals surface area (Å²) in [5.74, 6) is 0. The number of benzene rings is 6. The molecule has 0 N–H and O–H groups in total. The predicted molar refractivity (Wildman–Crippen MR) is 356 cm³/mol. The first-order valence-electron chi connectivity index (χ1n) is 33.5. The zero-order chi connectivity index (χ0) is 57.7. The molecule has 0 heteroatoms. The van der Waals surface area contributed by atoms with E-state index in [2.05, 4.69) is 227 Å². The maximum atomic E-state index is 2.44. The molecular formula is C81H114. The third-order valence-electron chi connectivity index (χ3n) is 21.5. The first kappa shape index (κ1) is 63.9. The molecule has 0 bridgehead atoms. The fourth-order valence-electron chi connectivity index (χ4n) is 15.1. The van der Waals surface area contributed by atoms with Gasteiger partial charge in [0.25, 0.3) is 0 Å². The van der Waals surface area contributed by atoms with Crippen LogP contribution in [0.3, 0.4) is 0 Å². The summed E-state index contributed by atoms with van der Waals surface area (Å²) in [6, 6.07) is 58.7. The van der Waals surface area contributed by atoms with E-state index in [9.17, 15) is 0 Å². The van der Waals surface area contributed by atoms with E-state index >= 15 is 0 Å². The van der Waals surface area contributed by atoms with Crippen molar-refractivity contribution in [3.05, 3.63) is 213 Å². The van der Waals surface area contributed by atoms with E-state index in [1.165, 1.54) is 212 Å². The molecule has 6 fully saturated rings. The summed E-state index contributed by atoms with van der Waals surface area (Å²) in [5.41, 5.74) is 17.7. The van der Waals surface area contributed by atoms with E-state index in [1.807, 2.05) is 0 Å². The highest BCUT2D eigenvalue weighted by atomic mass is 14.4. The van der Waals surface area contributed by atoms with E-state index in [-0.39, 0.29) is 0 Å². The van der Waals surface area contributed by atoms with E-state index in [4.69, 9.17) is 0 Å². The summed E-state index contributed by atoms with van der Waals surface area (Å²) in [4.78, 5) is 0. The van der Waals surface area contributed by atoms with Gasteiger partial charge in [0.2, 0.25) is 0 Å². The first-order valence-corrected chi connectivity index (χ1v) is 33.5. The molecular weight excluding hydrogens is 973 g/mol. The third-order valence-corrected chi connectivity index (χ3v) is 21.5. The summed E-state index contributed by atoms with van der Waals surface area (Å²) in [6.07, 6.45) is 40.0. The van der Waals surface area contributed by atoms with Crippen LogP contribution in [0, 0.1) is 13.8 Å². The van der Waals surface area contributed by atoms with Crippen molar-refractivity contribution in [2.45, 2.75) is 288 Å². The van der Waals surface area contributed by atoms with Gasteiger partial charge >= 0.3 is 0 Å². The molecule has 81 heavy (non-hydrogen) atoms. The molecule has 0 aromatic heterocycles. The lowest BCUT2D eigenvalue weighted by molar-refractivity contribution is 0.319. The van der Waals surface area contributed by atoms with Gasteiger partial charge in [-0.2, -0.15) is 0 Å². The molecule has 0 heterocycles. The van der Waals surface area contributed by atoms with Crippen molar-refractivity contribution >= 4 is 0 Å². The fourth-order valence-corrected chi connectivity index (χ4v) is 15.1. The van der Waals surface area contributed by atoms with Gasteiger partial charge in [-0.3, -0.25) is 0 Å². The molecule has 0 aliphatic heterocycles. The van der Waals surface area contributed by atoms with E-state index in [1.54, 1.807) is 16.7 Å². The molecule has 0 amide bonds. The molecule has 0 saturated heterocycles. The lowest BCUT2D eigenvalue weighted by atomic mass is 9.71. The van der Waals surface area contributed by atoms with E-state index in [0.29, 0.717) is 32.5 Å². The smallest absolute Gasteiger partial charge is 0.00752 e. The minimum atomic E-state index is 0.463. The number of rotatable bonds is 8. The van der Waals surface area contributed by atoms with Crippen molar-refractivity contribution in [2.75, 3.05) is 0 Å². The molecule has 438 valence electrons. The van der Waals surface area contributed by atoms with Gasteiger partial charge in [-0.05, 0) is 181 Å². The first-order chi connectivity index (χ1) is 39.0. The average Bonchev–Trinajstić information content (AvgIpc) is 4.30. The Kier molecular flexibility index (Phi) is 24.3. The summed E-state index contributed by atoms with van der Waals surface area (Å²) in [6.45, 7) is 23.3. The topological polar surface area (TPSA) is 0 Å². The molecule has 0 radical (unpaired) electrons. The highest BCUT2D eigenvalue weighted by Crippen LogP contribution is 2.44. The van der Waals surface area contributed by atoms with Gasteiger partial charge in [0.05, 0.1) is 0 Å². The monoisotopic (exact) mass is 1090 g/mol. The maximum Gasteiger partial charge on any atom is -0.00752 e. The van der Waals surface area contributed by atoms with Crippen LogP contribution in [-0.4, -0.2) is 0 Å². The molecule has 6 aliphatic carbocycles. The Morgan fingerprint density at radius 1 is 0.222 bits per heavy atom. The van der Waals surface area contributed by atoms with Crippen LogP contribution in [0.5, 0.6) is 0 Å². The molecule has 0 spiro atoms. The van der Waals surface area contributed by atoms with Gasteiger partial charge in [-0.15, -0.1) is 0 Å². The summed E-state index contributed by atoms with van der Waals surface area (Å²) < 4.78 is 0. The molecule has 12 rings (SSSR count). The second-order valence-corrected chi connectivity index (χ2v) is 28.2. The standard InChI is InChI=1S/C15H22.2C14H20.2C13H18.C12H16/c1-3-13-7-9-14(10-8-13)15(2)11-5-4-6-12-15;1-12-6-8-13(9-7-12)14(2)10-4-3-5-11-14;1-3-12-6-8-13(9-7-12)14(2)10-4-5-11-14;1-11-5-7-12(8-6-11)13(2)9-3-4-10-13;1-13(10-6-3-7-11-13)12-8-4-2-5-9-12;1-12(9-5-6-10-12)11-7-3-2-4-8-11/h7-10H,3-6,11-12H2,1-2H3;2*6-9H,3-5,10-11H2,1-2H3;5-8H,3-4,9-10H2,1-2H3;2,4-5,8-9H,3,6-7,10-11H2,1H3;2-4,7-8H,5-6,9-10H2,1H3. The SMILES string of the molecule is CC1(c2ccccc2)CCCC1.CC1(c2ccccc2)CCCCC1.CCc1ccc(C2(C)CCCC2)cc1.CCc1ccc(C2(C)CCCCC2)cc1.Cc1ccc(C2(C)CCCC2)cc1.Cc1ccc(C2(C)CCCCC2)cc1. The van der Waals surface area contributed by atoms with Crippen LogP contribution in [0.4, 0.5) is 0 Å². The van der Waals surface area contributed by atoms with Gasteiger partial charge in [0.15, 0.2) is 0 Å². The van der Waals surface area contributed by atoms with Crippen LogP contribution < -0.4 is 0 Å². The summed E-state index contributed by atoms with van der Waals surface area (Å²) in [5, 5.41) is 0. The molecule has 6 aliphatic rings. The Labute approximate surface area is 498 Å². The van der Waals surface area contributed by atoms with Crippen molar-refractivity contribution in [1.29, 1.82) is 0 Å². The average molecular weight is 1090 g/mol. The molecule has 6 aromatic rings. The van der Waals surface area contributed by atoms with Crippen LogP contribution in [-0.2, 0) is 45.3 Å². The van der Waals surface area contributed by atoms with Gasteiger partial charge in [-0.25, -0.2) is 0 Å². The quantitative estimate of drug-likeness (QED) is 0.142. The number of aryl methyl sites for hydroxylation is 4. The zero-order valence-electron chi connectivity index (χ0n) is 53.5. The van der Waals surface area contributed by atoms with Gasteiger partial charge < -0.3 is 0 Å². The second-order valence-electron chi connectivity index (χ2n) is 28.2. The van der Waals surface area contributed by atoms with Crippen molar-refractivity contribution < 1.29 is 0 Å². The van der Waals surface area contributed by atoms with E-state index < -0.39 is 0 Å². The largest absolute Gasteiger partial charge is 0.0622 e. The molecule has 0 unspecified atom stereocenters. The Bertz CT molecular complexity index is 2630. The lowest BCUT2D eigenvalue weighted by Gasteiger charge is -2.34. The van der Waals surface area contributed by atoms with Crippen LogP contribution in [0.2, 0.25) is 0 Å². The highest BCUT2D eigenvalue weighted by Gasteiger charge is 2.33. The van der Waals surface area contributed by atoms with Gasteiger partial charge in [0, 0.05) is 0 Å². The Hall–Kier alpha value is -4.68. The zero-order valence-corrected chi connectivity index (χ0v) is 53.5. The normalized spacial score (nSPS) is 20.6. The van der Waals surface area contributed by atoms with Crippen molar-refractivity contribution in [1.82, 2.24) is 0 Å². The van der Waals surface area contributed by atoms with Gasteiger partial charge in [-0.1, -0.05) is 321 Å². The Morgan fingerprint density at radius 2 is 0.395 bits per heavy atom. The van der Waals surface area contributed by atoms with Crippen LogP contribution >= 0.6 is 0 Å². The van der Waals surface area contributed by atoms with Crippen LogP contribution in [0.15, 0.2) is 158 Å². The van der Waals surface area contributed by atoms with Crippen LogP contribution in [0.25, 0.3) is 0 Å². The fraction of sp³-hybridized carbons (Fsp3) is 0.556. The summed E-state index contributed by atoms with van der Waals surface area (Å²) >= 11 is 0. The number of hydrogen-bond acceptors (Lipinski definition) is 0. The Morgan fingerprint density at radius 3 is 0.593 bits per heavy atom. The van der Waals surface area contributed by atoms with Crippen molar-refractivity contribution in [3.8, 4) is 0 Å². The molecule has 0 atom stereocenters. The Balaban J connectivity index is 0.000000140. The summed E-state index contributed by atoms with van der Waals surface area (Å²) in [7, 11) is 0. The van der Waals surface area contributed by atoms with Crippen LogP contribution in [0.1, 0.15) is 284 Å². The maximum absolute atomic E-state index is 2.44. The minimum absolute atomic E-state index is 0.463. The molecule has 6 aromatic carbocycles. The highest BCUT2D eigenvalue weighted by molar-refractivity contribution is 5.33.